The molecule has 1 atom stereocenters. The topological polar surface area (TPSA) is 68.0 Å². The second kappa shape index (κ2) is 5.15. The SMILES string of the molecule is CCC(C)(N)C(=O)Nc1cc(Cl)cc2cccnc12. The van der Waals surface area contributed by atoms with E-state index in [0.717, 1.165) is 5.39 Å². The summed E-state index contributed by atoms with van der Waals surface area (Å²) < 4.78 is 0. The number of carbonyl (C=O) groups excluding carboxylic acids is 1. The van der Waals surface area contributed by atoms with Crippen LogP contribution in [-0.2, 0) is 4.79 Å². The van der Waals surface area contributed by atoms with Gasteiger partial charge < -0.3 is 11.1 Å². The molecule has 1 aromatic heterocycles. The predicted molar refractivity (Wildman–Crippen MR) is 78.3 cm³/mol. The van der Waals surface area contributed by atoms with E-state index in [-0.39, 0.29) is 5.91 Å². The maximum Gasteiger partial charge on any atom is 0.244 e. The van der Waals surface area contributed by atoms with Crippen molar-refractivity contribution < 1.29 is 4.79 Å². The standard InChI is InChI=1S/C14H16ClN3O/c1-3-14(2,16)13(19)18-11-8-10(15)7-9-5-4-6-17-12(9)11/h4-8H,3,16H2,1-2H3,(H,18,19). The molecule has 0 saturated heterocycles. The molecule has 1 amide bonds. The summed E-state index contributed by atoms with van der Waals surface area (Å²) in [5.74, 6) is -0.246. The zero-order valence-electron chi connectivity index (χ0n) is 10.9. The molecule has 0 aliphatic carbocycles. The highest BCUT2D eigenvalue weighted by Gasteiger charge is 2.26. The molecule has 1 aromatic carbocycles. The average Bonchev–Trinajstić information content (AvgIpc) is 2.38. The van der Waals surface area contributed by atoms with Gasteiger partial charge in [-0.25, -0.2) is 0 Å². The molecule has 1 heterocycles. The van der Waals surface area contributed by atoms with E-state index in [1.54, 1.807) is 25.3 Å². The van der Waals surface area contributed by atoms with E-state index < -0.39 is 5.54 Å². The number of nitrogens with one attached hydrogen (secondary N) is 1. The summed E-state index contributed by atoms with van der Waals surface area (Å²) in [5, 5.41) is 4.23. The van der Waals surface area contributed by atoms with Gasteiger partial charge >= 0.3 is 0 Å². The zero-order valence-corrected chi connectivity index (χ0v) is 11.7. The van der Waals surface area contributed by atoms with Crippen LogP contribution in [0.2, 0.25) is 5.02 Å². The zero-order chi connectivity index (χ0) is 14.0. The van der Waals surface area contributed by atoms with Crippen molar-refractivity contribution in [2.75, 3.05) is 5.32 Å². The van der Waals surface area contributed by atoms with Crippen molar-refractivity contribution in [2.24, 2.45) is 5.73 Å². The van der Waals surface area contributed by atoms with Crippen LogP contribution in [-0.4, -0.2) is 16.4 Å². The van der Waals surface area contributed by atoms with Gasteiger partial charge in [-0.2, -0.15) is 0 Å². The van der Waals surface area contributed by atoms with E-state index in [2.05, 4.69) is 10.3 Å². The first-order valence-electron chi connectivity index (χ1n) is 6.08. The van der Waals surface area contributed by atoms with Crippen molar-refractivity contribution in [3.63, 3.8) is 0 Å². The van der Waals surface area contributed by atoms with E-state index in [1.165, 1.54) is 0 Å². The number of rotatable bonds is 3. The smallest absolute Gasteiger partial charge is 0.244 e. The van der Waals surface area contributed by atoms with Gasteiger partial charge in [0.15, 0.2) is 0 Å². The Bertz CT molecular complexity index is 625. The number of nitrogens with two attached hydrogens (primary N) is 1. The van der Waals surface area contributed by atoms with E-state index in [4.69, 9.17) is 17.3 Å². The van der Waals surface area contributed by atoms with Gasteiger partial charge in [0.05, 0.1) is 16.7 Å². The number of fused-ring (bicyclic) bond motifs is 1. The summed E-state index contributed by atoms with van der Waals surface area (Å²) in [6.07, 6.45) is 2.22. The van der Waals surface area contributed by atoms with Crippen molar-refractivity contribution in [3.8, 4) is 0 Å². The molecule has 0 fully saturated rings. The summed E-state index contributed by atoms with van der Waals surface area (Å²) in [4.78, 5) is 16.4. The van der Waals surface area contributed by atoms with Crippen molar-refractivity contribution in [3.05, 3.63) is 35.5 Å². The Labute approximate surface area is 117 Å². The third-order valence-corrected chi connectivity index (χ3v) is 3.39. The molecule has 0 bridgehead atoms. The van der Waals surface area contributed by atoms with Crippen LogP contribution >= 0.6 is 11.6 Å². The number of nitrogens with zero attached hydrogens (tertiary/aromatic N) is 1. The second-order valence-corrected chi connectivity index (χ2v) is 5.19. The molecule has 0 aliphatic rings. The van der Waals surface area contributed by atoms with Gasteiger partial charge in [-0.05, 0) is 31.5 Å². The number of amides is 1. The second-order valence-electron chi connectivity index (χ2n) is 4.75. The van der Waals surface area contributed by atoms with Crippen molar-refractivity contribution in [2.45, 2.75) is 25.8 Å². The monoisotopic (exact) mass is 277 g/mol. The predicted octanol–water partition coefficient (Wildman–Crippen LogP) is 2.95. The Kier molecular flexibility index (Phi) is 3.73. The Morgan fingerprint density at radius 3 is 2.95 bits per heavy atom. The number of hydrogen-bond donors (Lipinski definition) is 2. The van der Waals surface area contributed by atoms with Crippen molar-refractivity contribution in [1.29, 1.82) is 0 Å². The first kappa shape index (κ1) is 13.8. The van der Waals surface area contributed by atoms with E-state index in [9.17, 15) is 4.79 Å². The molecule has 100 valence electrons. The Morgan fingerprint density at radius 2 is 2.26 bits per heavy atom. The fraction of sp³-hybridized carbons (Fsp3) is 0.286. The van der Waals surface area contributed by atoms with Gasteiger partial charge in [0, 0.05) is 16.6 Å². The fourth-order valence-corrected chi connectivity index (χ4v) is 1.90. The van der Waals surface area contributed by atoms with E-state index in [0.29, 0.717) is 22.6 Å². The molecule has 4 nitrogen and oxygen atoms in total. The Hall–Kier alpha value is -1.65. The first-order chi connectivity index (χ1) is 8.94. The van der Waals surface area contributed by atoms with Crippen LogP contribution in [0.25, 0.3) is 10.9 Å². The van der Waals surface area contributed by atoms with Gasteiger partial charge in [0.2, 0.25) is 5.91 Å². The molecule has 0 saturated carbocycles. The van der Waals surface area contributed by atoms with Crippen molar-refractivity contribution in [1.82, 2.24) is 4.98 Å². The summed E-state index contributed by atoms with van der Waals surface area (Å²) in [5.41, 5.74) is 6.29. The fourth-order valence-electron chi connectivity index (χ4n) is 1.68. The normalized spacial score (nSPS) is 14.1. The van der Waals surface area contributed by atoms with Crippen LogP contribution in [0.1, 0.15) is 20.3 Å². The first-order valence-corrected chi connectivity index (χ1v) is 6.46. The third-order valence-electron chi connectivity index (χ3n) is 3.17. The number of carbonyl (C=O) groups is 1. The number of pyridine rings is 1. The van der Waals surface area contributed by atoms with Crippen LogP contribution in [0, 0.1) is 0 Å². The maximum atomic E-state index is 12.1. The molecule has 1 unspecified atom stereocenters. The number of benzene rings is 1. The summed E-state index contributed by atoms with van der Waals surface area (Å²) in [6, 6.07) is 7.20. The minimum absolute atomic E-state index is 0.246. The van der Waals surface area contributed by atoms with Crippen LogP contribution < -0.4 is 11.1 Å². The number of halogens is 1. The lowest BCUT2D eigenvalue weighted by atomic mass is 9.99. The molecule has 19 heavy (non-hydrogen) atoms. The number of aromatic nitrogens is 1. The summed E-state index contributed by atoms with van der Waals surface area (Å²) in [7, 11) is 0. The summed E-state index contributed by atoms with van der Waals surface area (Å²) >= 11 is 6.05. The quantitative estimate of drug-likeness (QED) is 0.906. The highest BCUT2D eigenvalue weighted by atomic mass is 35.5. The summed E-state index contributed by atoms with van der Waals surface area (Å²) in [6.45, 7) is 3.57. The minimum atomic E-state index is -0.913. The lowest BCUT2D eigenvalue weighted by Crippen LogP contribution is -2.47. The highest BCUT2D eigenvalue weighted by Crippen LogP contribution is 2.26. The molecule has 0 radical (unpaired) electrons. The van der Waals surface area contributed by atoms with Gasteiger partial charge in [0.25, 0.3) is 0 Å². The molecule has 2 aromatic rings. The lowest BCUT2D eigenvalue weighted by molar-refractivity contribution is -0.120. The Morgan fingerprint density at radius 1 is 1.53 bits per heavy atom. The van der Waals surface area contributed by atoms with Gasteiger partial charge in [-0.1, -0.05) is 24.6 Å². The van der Waals surface area contributed by atoms with Crippen molar-refractivity contribution >= 4 is 34.1 Å². The minimum Gasteiger partial charge on any atom is -0.323 e. The van der Waals surface area contributed by atoms with Gasteiger partial charge in [-0.3, -0.25) is 9.78 Å². The average molecular weight is 278 g/mol. The molecule has 2 rings (SSSR count). The molecule has 0 aliphatic heterocycles. The van der Waals surface area contributed by atoms with Crippen LogP contribution in [0.4, 0.5) is 5.69 Å². The molecule has 3 N–H and O–H groups in total. The molecular weight excluding hydrogens is 262 g/mol. The lowest BCUT2D eigenvalue weighted by Gasteiger charge is -2.22. The molecule has 0 spiro atoms. The van der Waals surface area contributed by atoms with Crippen LogP contribution in [0.5, 0.6) is 0 Å². The van der Waals surface area contributed by atoms with Gasteiger partial charge in [0.1, 0.15) is 0 Å². The largest absolute Gasteiger partial charge is 0.323 e. The highest BCUT2D eigenvalue weighted by molar-refractivity contribution is 6.32. The number of anilines is 1. The Balaban J connectivity index is 2.43. The van der Waals surface area contributed by atoms with E-state index >= 15 is 0 Å². The van der Waals surface area contributed by atoms with Gasteiger partial charge in [-0.15, -0.1) is 0 Å². The molecular formula is C14H16ClN3O. The maximum absolute atomic E-state index is 12.1. The van der Waals surface area contributed by atoms with Crippen LogP contribution in [0.15, 0.2) is 30.5 Å². The van der Waals surface area contributed by atoms with E-state index in [1.807, 2.05) is 19.1 Å². The molecule has 5 heteroatoms. The number of hydrogen-bond acceptors (Lipinski definition) is 3. The third kappa shape index (κ3) is 2.85. The van der Waals surface area contributed by atoms with Crippen LogP contribution in [0.3, 0.4) is 0 Å².